The van der Waals surface area contributed by atoms with Crippen molar-refractivity contribution < 1.29 is 14.3 Å². The van der Waals surface area contributed by atoms with E-state index in [4.69, 9.17) is 9.47 Å². The van der Waals surface area contributed by atoms with Crippen molar-refractivity contribution in [1.82, 2.24) is 5.32 Å². The lowest BCUT2D eigenvalue weighted by Gasteiger charge is -2.16. The summed E-state index contributed by atoms with van der Waals surface area (Å²) in [6.45, 7) is 4.16. The molecule has 2 aromatic rings. The molecule has 1 heterocycles. The molecule has 0 fully saturated rings. The lowest BCUT2D eigenvalue weighted by molar-refractivity contribution is 0.0939. The Hall–Kier alpha value is -2.14. The van der Waals surface area contributed by atoms with E-state index in [-0.39, 0.29) is 18.7 Å². The summed E-state index contributed by atoms with van der Waals surface area (Å²) in [7, 11) is 0. The van der Waals surface area contributed by atoms with Crippen molar-refractivity contribution in [1.29, 1.82) is 0 Å². The fraction of sp³-hybridized carbons (Fsp3) is 0.278. The number of rotatable bonds is 4. The van der Waals surface area contributed by atoms with E-state index in [0.717, 1.165) is 27.5 Å². The summed E-state index contributed by atoms with van der Waals surface area (Å²) in [5.41, 5.74) is 2.67. The van der Waals surface area contributed by atoms with Gasteiger partial charge in [0.25, 0.3) is 5.91 Å². The van der Waals surface area contributed by atoms with Gasteiger partial charge in [0.05, 0.1) is 6.04 Å². The highest BCUT2D eigenvalue weighted by Gasteiger charge is 2.18. The summed E-state index contributed by atoms with van der Waals surface area (Å²) in [6, 6.07) is 11.6. The van der Waals surface area contributed by atoms with Crippen molar-refractivity contribution >= 4 is 17.7 Å². The van der Waals surface area contributed by atoms with Crippen LogP contribution in [0.3, 0.4) is 0 Å². The van der Waals surface area contributed by atoms with Crippen LogP contribution in [-0.4, -0.2) is 19.0 Å². The Kier molecular flexibility index (Phi) is 4.48. The molecule has 1 aliphatic heterocycles. The highest BCUT2D eigenvalue weighted by atomic mass is 32.2. The average Bonchev–Trinajstić information content (AvgIpc) is 3.02. The van der Waals surface area contributed by atoms with Crippen LogP contribution in [0, 0.1) is 6.92 Å². The first-order valence-electron chi connectivity index (χ1n) is 7.43. The molecule has 3 rings (SSSR count). The monoisotopic (exact) mass is 329 g/mol. The number of thioether (sulfide) groups is 1. The SMILES string of the molecule is CSc1ccc(C)c(C(=O)NC(C)c2ccc3c(c2)OCO3)c1. The third kappa shape index (κ3) is 3.29. The van der Waals surface area contributed by atoms with E-state index >= 15 is 0 Å². The Bertz CT molecular complexity index is 745. The molecule has 120 valence electrons. The van der Waals surface area contributed by atoms with Gasteiger partial charge in [0, 0.05) is 10.5 Å². The smallest absolute Gasteiger partial charge is 0.252 e. The predicted molar refractivity (Wildman–Crippen MR) is 91.4 cm³/mol. The van der Waals surface area contributed by atoms with Gasteiger partial charge in [-0.2, -0.15) is 0 Å². The topological polar surface area (TPSA) is 47.6 Å². The molecule has 0 bridgehead atoms. The Morgan fingerprint density at radius 3 is 2.74 bits per heavy atom. The van der Waals surface area contributed by atoms with Gasteiger partial charge in [-0.05, 0) is 55.5 Å². The highest BCUT2D eigenvalue weighted by molar-refractivity contribution is 7.98. The quantitative estimate of drug-likeness (QED) is 0.863. The molecular weight excluding hydrogens is 310 g/mol. The van der Waals surface area contributed by atoms with E-state index in [1.165, 1.54) is 0 Å². The summed E-state index contributed by atoms with van der Waals surface area (Å²) >= 11 is 1.63. The first-order valence-corrected chi connectivity index (χ1v) is 8.66. The molecule has 0 saturated heterocycles. The molecule has 5 heteroatoms. The predicted octanol–water partition coefficient (Wildman–Crippen LogP) is 3.94. The minimum Gasteiger partial charge on any atom is -0.454 e. The van der Waals surface area contributed by atoms with Crippen LogP contribution in [0.15, 0.2) is 41.3 Å². The first kappa shape index (κ1) is 15.7. The highest BCUT2D eigenvalue weighted by Crippen LogP contribution is 2.34. The van der Waals surface area contributed by atoms with Crippen LogP contribution < -0.4 is 14.8 Å². The van der Waals surface area contributed by atoms with Crippen molar-refractivity contribution in [3.63, 3.8) is 0 Å². The molecule has 2 aromatic carbocycles. The molecule has 23 heavy (non-hydrogen) atoms. The maximum atomic E-state index is 12.6. The Labute approximate surface area is 140 Å². The molecular formula is C18H19NO3S. The summed E-state index contributed by atoms with van der Waals surface area (Å²) < 4.78 is 10.7. The van der Waals surface area contributed by atoms with Crippen molar-refractivity contribution in [3.05, 3.63) is 53.1 Å². The number of benzene rings is 2. The lowest BCUT2D eigenvalue weighted by atomic mass is 10.1. The summed E-state index contributed by atoms with van der Waals surface area (Å²) in [4.78, 5) is 13.7. The molecule has 1 amide bonds. The normalized spacial score (nSPS) is 13.7. The number of aryl methyl sites for hydroxylation is 1. The summed E-state index contributed by atoms with van der Waals surface area (Å²) in [5, 5.41) is 3.05. The van der Waals surface area contributed by atoms with Gasteiger partial charge in [0.15, 0.2) is 11.5 Å². The van der Waals surface area contributed by atoms with E-state index in [9.17, 15) is 4.79 Å². The Balaban J connectivity index is 1.77. The number of carbonyl (C=O) groups is 1. The van der Waals surface area contributed by atoms with Gasteiger partial charge in [-0.15, -0.1) is 11.8 Å². The van der Waals surface area contributed by atoms with Crippen LogP contribution in [0.5, 0.6) is 11.5 Å². The number of amides is 1. The molecule has 4 nitrogen and oxygen atoms in total. The van der Waals surface area contributed by atoms with Crippen molar-refractivity contribution in [3.8, 4) is 11.5 Å². The minimum absolute atomic E-state index is 0.0661. The molecule has 1 atom stereocenters. The fourth-order valence-corrected chi connectivity index (χ4v) is 2.95. The van der Waals surface area contributed by atoms with Gasteiger partial charge in [0.2, 0.25) is 6.79 Å². The molecule has 0 radical (unpaired) electrons. The van der Waals surface area contributed by atoms with Crippen molar-refractivity contribution in [2.75, 3.05) is 13.0 Å². The summed E-state index contributed by atoms with van der Waals surface area (Å²) in [6.07, 6.45) is 2.00. The van der Waals surface area contributed by atoms with E-state index in [1.54, 1.807) is 11.8 Å². The van der Waals surface area contributed by atoms with E-state index in [2.05, 4.69) is 5.32 Å². The number of ether oxygens (including phenoxy) is 2. The maximum absolute atomic E-state index is 12.6. The van der Waals surface area contributed by atoms with Gasteiger partial charge in [-0.1, -0.05) is 12.1 Å². The van der Waals surface area contributed by atoms with Gasteiger partial charge in [-0.25, -0.2) is 0 Å². The standard InChI is InChI=1S/C18H19NO3S/c1-11-4-6-14(23-3)9-15(11)18(20)19-12(2)13-5-7-16-17(8-13)22-10-21-16/h4-9,12H,10H2,1-3H3,(H,19,20). The van der Waals surface area contributed by atoms with Crippen LogP contribution in [0.25, 0.3) is 0 Å². The van der Waals surface area contributed by atoms with Crippen molar-refractivity contribution in [2.45, 2.75) is 24.8 Å². The largest absolute Gasteiger partial charge is 0.454 e. The van der Waals surface area contributed by atoms with Crippen molar-refractivity contribution in [2.24, 2.45) is 0 Å². The zero-order valence-corrected chi connectivity index (χ0v) is 14.2. The van der Waals surface area contributed by atoms with E-state index < -0.39 is 0 Å². The van der Waals surface area contributed by atoms with E-state index in [0.29, 0.717) is 5.56 Å². The third-order valence-corrected chi connectivity index (χ3v) is 4.66. The molecule has 1 unspecified atom stereocenters. The minimum atomic E-state index is -0.116. The number of hydrogen-bond acceptors (Lipinski definition) is 4. The molecule has 1 aliphatic rings. The summed E-state index contributed by atoms with van der Waals surface area (Å²) in [5.74, 6) is 1.41. The second-order valence-corrected chi connectivity index (χ2v) is 6.37. The van der Waals surface area contributed by atoms with Crippen LogP contribution in [0.2, 0.25) is 0 Å². The fourth-order valence-electron chi connectivity index (χ4n) is 2.51. The average molecular weight is 329 g/mol. The number of hydrogen-bond donors (Lipinski definition) is 1. The molecule has 0 saturated carbocycles. The Morgan fingerprint density at radius 1 is 1.17 bits per heavy atom. The van der Waals surface area contributed by atoms with Gasteiger partial charge in [0.1, 0.15) is 0 Å². The zero-order valence-electron chi connectivity index (χ0n) is 13.4. The first-order chi connectivity index (χ1) is 11.1. The maximum Gasteiger partial charge on any atom is 0.252 e. The van der Waals surface area contributed by atoms with Crippen LogP contribution >= 0.6 is 11.8 Å². The van der Waals surface area contributed by atoms with Crippen LogP contribution in [0.4, 0.5) is 0 Å². The zero-order chi connectivity index (χ0) is 16.4. The van der Waals surface area contributed by atoms with Crippen LogP contribution in [0.1, 0.15) is 34.5 Å². The van der Waals surface area contributed by atoms with Gasteiger partial charge in [-0.3, -0.25) is 4.79 Å². The second kappa shape index (κ2) is 6.54. The second-order valence-electron chi connectivity index (χ2n) is 5.49. The third-order valence-electron chi connectivity index (χ3n) is 3.93. The van der Waals surface area contributed by atoms with Gasteiger partial charge >= 0.3 is 0 Å². The Morgan fingerprint density at radius 2 is 1.96 bits per heavy atom. The molecule has 0 aromatic heterocycles. The van der Waals surface area contributed by atoms with Crippen LogP contribution in [-0.2, 0) is 0 Å². The number of nitrogens with one attached hydrogen (secondary N) is 1. The molecule has 0 aliphatic carbocycles. The molecule has 0 spiro atoms. The van der Waals surface area contributed by atoms with E-state index in [1.807, 2.05) is 56.5 Å². The number of carbonyl (C=O) groups excluding carboxylic acids is 1. The number of fused-ring (bicyclic) bond motifs is 1. The van der Waals surface area contributed by atoms with Gasteiger partial charge < -0.3 is 14.8 Å². The molecule has 1 N–H and O–H groups in total. The lowest BCUT2D eigenvalue weighted by Crippen LogP contribution is -2.27.